The molecule has 2 fully saturated rings. The molecule has 0 unspecified atom stereocenters. The Morgan fingerprint density at radius 1 is 0.678 bits per heavy atom. The van der Waals surface area contributed by atoms with E-state index in [0.29, 0.717) is 50.3 Å². The minimum Gasteiger partial charge on any atom is -0.453 e. The fourth-order valence-electron chi connectivity index (χ4n) is 8.79. The molecular formula is C43H43N9O7. The molecule has 302 valence electrons. The number of benzene rings is 3. The fraction of sp³-hybridized carbons (Fsp3) is 0.326. The number of hydrazine groups is 1. The van der Waals surface area contributed by atoms with Crippen LogP contribution in [0.3, 0.4) is 0 Å². The van der Waals surface area contributed by atoms with Gasteiger partial charge in [0.1, 0.15) is 29.8 Å². The topological polar surface area (TPSA) is 195 Å². The van der Waals surface area contributed by atoms with Gasteiger partial charge < -0.3 is 30.1 Å². The molecule has 4 atom stereocenters. The number of imidazole rings is 2. The second-order valence-corrected chi connectivity index (χ2v) is 15.2. The quantitative estimate of drug-likeness (QED) is 0.168. The van der Waals surface area contributed by atoms with Crippen molar-refractivity contribution >= 4 is 35.6 Å². The van der Waals surface area contributed by atoms with Crippen LogP contribution in [-0.4, -0.2) is 92.7 Å². The Balaban J connectivity index is 0.897. The molecule has 6 heterocycles. The first kappa shape index (κ1) is 37.6. The average Bonchev–Trinajstić information content (AvgIpc) is 4.02. The minimum absolute atomic E-state index is 0.130. The van der Waals surface area contributed by atoms with Crippen molar-refractivity contribution in [2.45, 2.75) is 69.1 Å². The summed E-state index contributed by atoms with van der Waals surface area (Å²) < 4.78 is 9.53. The summed E-state index contributed by atoms with van der Waals surface area (Å²) in [7, 11) is 2.52. The number of para-hydroxylation sites is 1. The SMILES string of the molecule is COC(=O)N[C@H]1CCc2cccc3c2N(C1=O)[C@H](c1ncc(-c2ccc(-c4ccc(-c5cnc([C@@H]6CCCN7C(=O)CC[C@H](NC(=O)OC)C(=O)N67)[nH]5)cc4)cc2)[nH]1)C3. The van der Waals surface area contributed by atoms with Gasteiger partial charge in [-0.1, -0.05) is 66.7 Å². The van der Waals surface area contributed by atoms with E-state index in [2.05, 4.69) is 37.7 Å². The van der Waals surface area contributed by atoms with E-state index in [9.17, 15) is 24.0 Å². The Labute approximate surface area is 339 Å². The van der Waals surface area contributed by atoms with Crippen LogP contribution in [0.1, 0.15) is 67.0 Å². The molecule has 2 saturated heterocycles. The van der Waals surface area contributed by atoms with Crippen LogP contribution in [0, 0.1) is 0 Å². The lowest BCUT2D eigenvalue weighted by Crippen LogP contribution is -2.57. The number of hydrogen-bond donors (Lipinski definition) is 4. The van der Waals surface area contributed by atoms with Crippen molar-refractivity contribution in [3.05, 3.63) is 102 Å². The lowest BCUT2D eigenvalue weighted by molar-refractivity contribution is -0.174. The van der Waals surface area contributed by atoms with Gasteiger partial charge in [-0.3, -0.25) is 24.3 Å². The number of aromatic amines is 2. The second kappa shape index (κ2) is 15.4. The van der Waals surface area contributed by atoms with Crippen LogP contribution in [0.5, 0.6) is 0 Å². The number of amides is 5. The molecule has 59 heavy (non-hydrogen) atoms. The van der Waals surface area contributed by atoms with E-state index in [0.717, 1.165) is 50.5 Å². The Bertz CT molecular complexity index is 2440. The molecule has 0 bridgehead atoms. The van der Waals surface area contributed by atoms with Gasteiger partial charge in [0.15, 0.2) is 0 Å². The van der Waals surface area contributed by atoms with Crippen LogP contribution in [0.15, 0.2) is 79.1 Å². The van der Waals surface area contributed by atoms with E-state index in [-0.39, 0.29) is 36.6 Å². The van der Waals surface area contributed by atoms with Crippen LogP contribution in [-0.2, 0) is 36.7 Å². The molecule has 2 aromatic heterocycles. The highest BCUT2D eigenvalue weighted by Crippen LogP contribution is 2.45. The van der Waals surface area contributed by atoms with Gasteiger partial charge in [-0.25, -0.2) is 24.6 Å². The summed E-state index contributed by atoms with van der Waals surface area (Å²) >= 11 is 0. The average molecular weight is 798 g/mol. The van der Waals surface area contributed by atoms with E-state index in [1.807, 2.05) is 54.6 Å². The van der Waals surface area contributed by atoms with E-state index in [1.165, 1.54) is 24.2 Å². The summed E-state index contributed by atoms with van der Waals surface area (Å²) in [5.41, 5.74) is 8.53. The Hall–Kier alpha value is -6.97. The highest BCUT2D eigenvalue weighted by Gasteiger charge is 2.45. The van der Waals surface area contributed by atoms with Crippen molar-refractivity contribution in [2.24, 2.45) is 0 Å². The maximum absolute atomic E-state index is 13.9. The number of rotatable bonds is 7. The minimum atomic E-state index is -0.886. The number of anilines is 1. The van der Waals surface area contributed by atoms with E-state index in [4.69, 9.17) is 14.5 Å². The summed E-state index contributed by atoms with van der Waals surface area (Å²) in [4.78, 5) is 82.8. The zero-order valence-electron chi connectivity index (χ0n) is 32.6. The molecule has 16 heteroatoms. The van der Waals surface area contributed by atoms with Crippen molar-refractivity contribution in [1.82, 2.24) is 40.6 Å². The standard InChI is InChI=1S/C43H43N9O7/c1-58-42(56)48-30-17-16-28-5-3-6-29-21-35(51(37(28)29)40(30)54)39-45-23-33(47-39)27-14-10-25(11-15-27)24-8-12-26(13-9-24)32-22-44-38(46-32)34-7-4-20-50-36(53)19-18-31(41(55)52(34)50)49-43(57)59-2/h3,5-6,8-15,22-23,30-31,34-35H,4,7,16-21H2,1-2H3,(H,44,46)(H,45,47)(H,48,56)(H,49,57)/t30-,31-,34-,35-/m0/s1. The van der Waals surface area contributed by atoms with Gasteiger partial charge in [-0.15, -0.1) is 0 Å². The number of aryl methyl sites for hydroxylation is 1. The third-order valence-corrected chi connectivity index (χ3v) is 11.8. The summed E-state index contributed by atoms with van der Waals surface area (Å²) in [5, 5.41) is 8.26. The number of nitrogens with one attached hydrogen (secondary N) is 4. The molecule has 4 aliphatic heterocycles. The molecule has 0 saturated carbocycles. The number of H-pyrrole nitrogens is 2. The van der Waals surface area contributed by atoms with Gasteiger partial charge in [0.05, 0.1) is 49.7 Å². The van der Waals surface area contributed by atoms with Gasteiger partial charge in [-0.2, -0.15) is 0 Å². The number of nitrogens with zero attached hydrogens (tertiary/aromatic N) is 5. The zero-order chi connectivity index (χ0) is 40.8. The molecule has 0 radical (unpaired) electrons. The number of ether oxygens (including phenoxy) is 2. The number of alkyl carbamates (subject to hydrolysis) is 2. The maximum Gasteiger partial charge on any atom is 0.407 e. The second-order valence-electron chi connectivity index (χ2n) is 15.2. The van der Waals surface area contributed by atoms with Crippen molar-refractivity contribution in [3.8, 4) is 33.6 Å². The Morgan fingerprint density at radius 3 is 1.83 bits per heavy atom. The van der Waals surface area contributed by atoms with Gasteiger partial charge in [0.25, 0.3) is 5.91 Å². The third-order valence-electron chi connectivity index (χ3n) is 11.8. The van der Waals surface area contributed by atoms with E-state index < -0.39 is 30.3 Å². The largest absolute Gasteiger partial charge is 0.453 e. The molecule has 9 rings (SSSR count). The van der Waals surface area contributed by atoms with Crippen LogP contribution >= 0.6 is 0 Å². The molecule has 4 N–H and O–H groups in total. The van der Waals surface area contributed by atoms with Crippen molar-refractivity contribution in [3.63, 3.8) is 0 Å². The predicted octanol–water partition coefficient (Wildman–Crippen LogP) is 5.36. The van der Waals surface area contributed by atoms with Crippen molar-refractivity contribution in [2.75, 3.05) is 25.7 Å². The lowest BCUT2D eigenvalue weighted by Gasteiger charge is -2.42. The van der Waals surface area contributed by atoms with Crippen molar-refractivity contribution < 1.29 is 33.4 Å². The first-order chi connectivity index (χ1) is 28.7. The van der Waals surface area contributed by atoms with E-state index in [1.54, 1.807) is 17.3 Å². The molecule has 0 aliphatic carbocycles. The van der Waals surface area contributed by atoms with Crippen LogP contribution in [0.4, 0.5) is 15.3 Å². The first-order valence-corrected chi connectivity index (χ1v) is 19.8. The van der Waals surface area contributed by atoms with Gasteiger partial charge >= 0.3 is 12.2 Å². The number of fused-ring (bicyclic) bond motifs is 1. The van der Waals surface area contributed by atoms with Gasteiger partial charge in [0.2, 0.25) is 11.8 Å². The number of aromatic nitrogens is 4. The number of hydrogen-bond acceptors (Lipinski definition) is 9. The third kappa shape index (κ3) is 6.93. The maximum atomic E-state index is 13.9. The monoisotopic (exact) mass is 797 g/mol. The highest BCUT2D eigenvalue weighted by molar-refractivity contribution is 6.02. The summed E-state index contributed by atoms with van der Waals surface area (Å²) in [5.74, 6) is 0.507. The van der Waals surface area contributed by atoms with Gasteiger partial charge in [0, 0.05) is 19.4 Å². The summed E-state index contributed by atoms with van der Waals surface area (Å²) in [6, 6.07) is 19.9. The van der Waals surface area contributed by atoms with Crippen LogP contribution in [0.2, 0.25) is 0 Å². The molecule has 3 aromatic carbocycles. The predicted molar refractivity (Wildman–Crippen MR) is 214 cm³/mol. The zero-order valence-corrected chi connectivity index (χ0v) is 32.6. The number of methoxy groups -OCH3 is 2. The molecular weight excluding hydrogens is 755 g/mol. The van der Waals surface area contributed by atoms with Crippen LogP contribution in [0.25, 0.3) is 33.6 Å². The number of carbonyl (C=O) groups is 5. The summed E-state index contributed by atoms with van der Waals surface area (Å²) in [6.45, 7) is 0.418. The Morgan fingerprint density at radius 2 is 1.22 bits per heavy atom. The fourth-order valence-corrected chi connectivity index (χ4v) is 8.79. The van der Waals surface area contributed by atoms with Gasteiger partial charge in [-0.05, 0) is 65.5 Å². The molecule has 4 aliphatic rings. The Kier molecular flexibility index (Phi) is 9.82. The smallest absolute Gasteiger partial charge is 0.407 e. The van der Waals surface area contributed by atoms with Crippen molar-refractivity contribution in [1.29, 1.82) is 0 Å². The molecule has 5 aromatic rings. The normalized spacial score (nSPS) is 21.3. The summed E-state index contributed by atoms with van der Waals surface area (Å²) in [6.07, 6.45) is 5.52. The molecule has 5 amide bonds. The number of carbonyl (C=O) groups excluding carboxylic acids is 5. The first-order valence-electron chi connectivity index (χ1n) is 19.8. The molecule has 0 spiro atoms. The van der Waals surface area contributed by atoms with E-state index >= 15 is 0 Å². The van der Waals surface area contributed by atoms with Crippen LogP contribution < -0.4 is 15.5 Å². The molecule has 16 nitrogen and oxygen atoms in total. The lowest BCUT2D eigenvalue weighted by atomic mass is 10.0. The highest BCUT2D eigenvalue weighted by atomic mass is 16.5.